The molecule has 5 heteroatoms. The van der Waals surface area contributed by atoms with Crippen LogP contribution in [0.3, 0.4) is 0 Å². The van der Waals surface area contributed by atoms with Crippen molar-refractivity contribution >= 4 is 5.91 Å². The zero-order valence-electron chi connectivity index (χ0n) is 16.2. The molecule has 0 bridgehead atoms. The predicted molar refractivity (Wildman–Crippen MR) is 102 cm³/mol. The smallest absolute Gasteiger partial charge is 0.253 e. The summed E-state index contributed by atoms with van der Waals surface area (Å²) in [5.74, 6) is 0.0825. The molecular weight excluding hydrogens is 326 g/mol. The number of likely N-dealkylation sites (tertiary alicyclic amines) is 1. The lowest BCUT2D eigenvalue weighted by Crippen LogP contribution is -2.29. The fourth-order valence-corrected chi connectivity index (χ4v) is 3.63. The maximum Gasteiger partial charge on any atom is 0.253 e. The van der Waals surface area contributed by atoms with Crippen molar-refractivity contribution in [1.29, 1.82) is 0 Å². The molecule has 2 aromatic rings. The van der Waals surface area contributed by atoms with E-state index in [4.69, 9.17) is 0 Å². The Kier molecular flexibility index (Phi) is 5.19. The Labute approximate surface area is 155 Å². The Morgan fingerprint density at radius 1 is 1.31 bits per heavy atom. The van der Waals surface area contributed by atoms with Crippen molar-refractivity contribution in [3.63, 3.8) is 0 Å². The molecular formula is C21H29N3O2. The Bertz CT molecular complexity index is 789. The average molecular weight is 355 g/mol. The van der Waals surface area contributed by atoms with Crippen LogP contribution < -0.4 is 0 Å². The molecule has 0 unspecified atom stereocenters. The Balaban J connectivity index is 1.67. The monoisotopic (exact) mass is 355 g/mol. The topological polar surface area (TPSA) is 58.4 Å². The molecule has 1 N–H and O–H groups in total. The van der Waals surface area contributed by atoms with Gasteiger partial charge in [0.1, 0.15) is 0 Å². The number of nitrogens with zero attached hydrogens (tertiary/aromatic N) is 3. The normalized spacial score (nSPS) is 17.7. The largest absolute Gasteiger partial charge is 0.390 e. The molecule has 0 saturated carbocycles. The van der Waals surface area contributed by atoms with Crippen LogP contribution in [0, 0.1) is 13.8 Å². The molecule has 1 aliphatic rings. The van der Waals surface area contributed by atoms with Crippen LogP contribution in [-0.2, 0) is 6.42 Å². The van der Waals surface area contributed by atoms with Crippen LogP contribution in [-0.4, -0.2) is 44.4 Å². The van der Waals surface area contributed by atoms with Crippen LogP contribution in [0.4, 0.5) is 0 Å². The van der Waals surface area contributed by atoms with Gasteiger partial charge in [-0.3, -0.25) is 9.48 Å². The highest BCUT2D eigenvalue weighted by atomic mass is 16.3. The average Bonchev–Trinajstić information content (AvgIpc) is 3.18. The van der Waals surface area contributed by atoms with Crippen LogP contribution in [0.5, 0.6) is 0 Å². The third-order valence-corrected chi connectivity index (χ3v) is 5.04. The number of benzene rings is 1. The van der Waals surface area contributed by atoms with Crippen LogP contribution in [0.25, 0.3) is 0 Å². The zero-order valence-corrected chi connectivity index (χ0v) is 16.2. The maximum absolute atomic E-state index is 12.9. The first-order valence-electron chi connectivity index (χ1n) is 9.36. The molecule has 26 heavy (non-hydrogen) atoms. The molecule has 5 nitrogen and oxygen atoms in total. The zero-order chi connectivity index (χ0) is 18.9. The number of carbonyl (C=O) groups is 1. The molecule has 140 valence electrons. The minimum Gasteiger partial charge on any atom is -0.390 e. The van der Waals surface area contributed by atoms with Gasteiger partial charge in [0.05, 0.1) is 17.3 Å². The number of carbonyl (C=O) groups excluding carboxylic acids is 1. The second kappa shape index (κ2) is 7.23. The number of aryl methyl sites for hydroxylation is 3. The first-order valence-corrected chi connectivity index (χ1v) is 9.36. The molecule has 2 heterocycles. The molecule has 1 fully saturated rings. The summed E-state index contributed by atoms with van der Waals surface area (Å²) in [6.45, 7) is 9.15. The van der Waals surface area contributed by atoms with Crippen molar-refractivity contribution in [3.8, 4) is 0 Å². The van der Waals surface area contributed by atoms with Gasteiger partial charge in [0.15, 0.2) is 0 Å². The molecule has 1 atom stereocenters. The summed E-state index contributed by atoms with van der Waals surface area (Å²) in [5, 5.41) is 14.5. The van der Waals surface area contributed by atoms with Gasteiger partial charge < -0.3 is 10.0 Å². The number of amides is 1. The second-order valence-electron chi connectivity index (χ2n) is 8.08. The second-order valence-corrected chi connectivity index (χ2v) is 8.08. The van der Waals surface area contributed by atoms with Crippen molar-refractivity contribution < 1.29 is 9.90 Å². The summed E-state index contributed by atoms with van der Waals surface area (Å²) in [5.41, 5.74) is 3.30. The van der Waals surface area contributed by atoms with Gasteiger partial charge in [0, 0.05) is 24.3 Å². The van der Waals surface area contributed by atoms with Gasteiger partial charge in [0.25, 0.3) is 5.91 Å². The van der Waals surface area contributed by atoms with E-state index in [2.05, 4.69) is 22.8 Å². The third-order valence-electron chi connectivity index (χ3n) is 5.04. The highest BCUT2D eigenvalue weighted by Crippen LogP contribution is 2.25. The predicted octanol–water partition coefficient (Wildman–Crippen LogP) is 3.29. The van der Waals surface area contributed by atoms with E-state index >= 15 is 0 Å². The quantitative estimate of drug-likeness (QED) is 0.895. The van der Waals surface area contributed by atoms with Gasteiger partial charge in [0.2, 0.25) is 0 Å². The number of aliphatic hydroxyl groups is 1. The Morgan fingerprint density at radius 2 is 2.08 bits per heavy atom. The van der Waals surface area contributed by atoms with Crippen molar-refractivity contribution in [3.05, 3.63) is 52.8 Å². The molecule has 0 spiro atoms. The van der Waals surface area contributed by atoms with E-state index in [1.54, 1.807) is 0 Å². The number of aromatic nitrogens is 2. The van der Waals surface area contributed by atoms with Crippen molar-refractivity contribution in [2.24, 2.45) is 0 Å². The molecule has 0 aliphatic carbocycles. The summed E-state index contributed by atoms with van der Waals surface area (Å²) in [6.07, 6.45) is 2.37. The SMILES string of the molecule is Cc1cc(C)n([C@@H]2CCN(C(=O)c3cccc(CCC(C)(C)O)c3)C2)n1. The van der Waals surface area contributed by atoms with Crippen molar-refractivity contribution in [1.82, 2.24) is 14.7 Å². The Morgan fingerprint density at radius 3 is 2.73 bits per heavy atom. The summed E-state index contributed by atoms with van der Waals surface area (Å²) in [4.78, 5) is 14.8. The summed E-state index contributed by atoms with van der Waals surface area (Å²) >= 11 is 0. The first-order chi connectivity index (χ1) is 12.2. The van der Waals surface area contributed by atoms with Gasteiger partial charge in [-0.05, 0) is 70.7 Å². The van der Waals surface area contributed by atoms with E-state index in [1.165, 1.54) is 0 Å². The lowest BCUT2D eigenvalue weighted by Gasteiger charge is -2.19. The Hall–Kier alpha value is -2.14. The summed E-state index contributed by atoms with van der Waals surface area (Å²) < 4.78 is 2.06. The van der Waals surface area contributed by atoms with E-state index in [0.717, 1.165) is 41.9 Å². The molecule has 0 radical (unpaired) electrons. The third kappa shape index (κ3) is 4.33. The minimum atomic E-state index is -0.693. The minimum absolute atomic E-state index is 0.0825. The van der Waals surface area contributed by atoms with E-state index in [1.807, 2.05) is 49.9 Å². The lowest BCUT2D eigenvalue weighted by molar-refractivity contribution is 0.0714. The number of hydrogen-bond donors (Lipinski definition) is 1. The molecule has 3 rings (SSSR count). The summed E-state index contributed by atoms with van der Waals surface area (Å²) in [6, 6.07) is 10.1. The highest BCUT2D eigenvalue weighted by Gasteiger charge is 2.29. The van der Waals surface area contributed by atoms with Gasteiger partial charge >= 0.3 is 0 Å². The number of rotatable bonds is 5. The van der Waals surface area contributed by atoms with E-state index < -0.39 is 5.60 Å². The van der Waals surface area contributed by atoms with Gasteiger partial charge in [-0.15, -0.1) is 0 Å². The molecule has 1 aliphatic heterocycles. The fraction of sp³-hybridized carbons (Fsp3) is 0.524. The van der Waals surface area contributed by atoms with Gasteiger partial charge in [-0.2, -0.15) is 5.10 Å². The molecule has 1 aromatic heterocycles. The van der Waals surface area contributed by atoms with Crippen molar-refractivity contribution in [2.75, 3.05) is 13.1 Å². The standard InChI is InChI=1S/C21H29N3O2/c1-15-12-16(2)24(22-15)19-9-11-23(14-19)20(25)18-7-5-6-17(13-18)8-10-21(3,4)26/h5-7,12-13,19,26H,8-11,14H2,1-4H3/t19-/m1/s1. The van der Waals surface area contributed by atoms with Crippen LogP contribution in [0.15, 0.2) is 30.3 Å². The first kappa shape index (κ1) is 18.6. The van der Waals surface area contributed by atoms with Crippen molar-refractivity contribution in [2.45, 2.75) is 58.6 Å². The molecule has 1 aromatic carbocycles. The van der Waals surface area contributed by atoms with Crippen LogP contribution in [0.2, 0.25) is 0 Å². The van der Waals surface area contributed by atoms with Gasteiger partial charge in [-0.25, -0.2) is 0 Å². The molecule has 1 amide bonds. The van der Waals surface area contributed by atoms with E-state index in [-0.39, 0.29) is 11.9 Å². The molecule has 1 saturated heterocycles. The lowest BCUT2D eigenvalue weighted by atomic mass is 9.98. The van der Waals surface area contributed by atoms with Crippen LogP contribution in [0.1, 0.15) is 60.0 Å². The number of hydrogen-bond acceptors (Lipinski definition) is 3. The van der Waals surface area contributed by atoms with Crippen LogP contribution >= 0.6 is 0 Å². The summed E-state index contributed by atoms with van der Waals surface area (Å²) in [7, 11) is 0. The fourth-order valence-electron chi connectivity index (χ4n) is 3.63. The van der Waals surface area contributed by atoms with E-state index in [0.29, 0.717) is 13.0 Å². The van der Waals surface area contributed by atoms with E-state index in [9.17, 15) is 9.90 Å². The maximum atomic E-state index is 12.9. The highest BCUT2D eigenvalue weighted by molar-refractivity contribution is 5.94. The van der Waals surface area contributed by atoms with Gasteiger partial charge in [-0.1, -0.05) is 12.1 Å².